The molecule has 0 saturated heterocycles. The van der Waals surface area contributed by atoms with Gasteiger partial charge in [0.2, 0.25) is 0 Å². The van der Waals surface area contributed by atoms with Gasteiger partial charge in [0.25, 0.3) is 5.91 Å². The van der Waals surface area contributed by atoms with Gasteiger partial charge in [-0.3, -0.25) is 4.79 Å². The quantitative estimate of drug-likeness (QED) is 0.423. The van der Waals surface area contributed by atoms with Crippen LogP contribution < -0.4 is 9.47 Å². The number of carboxylic acid groups (broad SMARTS) is 1. The van der Waals surface area contributed by atoms with E-state index < -0.39 is 36.8 Å². The molecule has 1 N–H and O–H groups in total. The second-order valence-electron chi connectivity index (χ2n) is 8.75. The Morgan fingerprint density at radius 3 is 2.29 bits per heavy atom. The molecule has 2 atom stereocenters. The molecule has 1 unspecified atom stereocenters. The summed E-state index contributed by atoms with van der Waals surface area (Å²) in [5.74, 6) is -1.41. The molecular weight excluding hydrogens is 503 g/mol. The molecule has 1 heterocycles. The van der Waals surface area contributed by atoms with Crippen LogP contribution in [0.25, 0.3) is 0 Å². The van der Waals surface area contributed by atoms with E-state index in [1.807, 2.05) is 30.3 Å². The fraction of sp³-hybridized carbons (Fsp3) is 0.286. The molecule has 0 fully saturated rings. The normalized spacial score (nSPS) is 15.9. The highest BCUT2D eigenvalue weighted by atomic mass is 19.4. The smallest absolute Gasteiger partial charge is 0.411 e. The zero-order valence-electron chi connectivity index (χ0n) is 20.5. The number of halogens is 3. The number of hydrogen-bond donors (Lipinski definition) is 1. The summed E-state index contributed by atoms with van der Waals surface area (Å²) in [6.45, 7) is -1.61. The third-order valence-electron chi connectivity index (χ3n) is 6.19. The van der Waals surface area contributed by atoms with Crippen molar-refractivity contribution in [3.63, 3.8) is 0 Å². The molecule has 38 heavy (non-hydrogen) atoms. The Kier molecular flexibility index (Phi) is 8.21. The van der Waals surface area contributed by atoms with E-state index in [1.54, 1.807) is 30.3 Å². The third-order valence-corrected chi connectivity index (χ3v) is 6.19. The van der Waals surface area contributed by atoms with E-state index in [4.69, 9.17) is 14.2 Å². The summed E-state index contributed by atoms with van der Waals surface area (Å²) in [7, 11) is 1.47. The zero-order chi connectivity index (χ0) is 27.3. The van der Waals surface area contributed by atoms with Crippen molar-refractivity contribution >= 4 is 11.9 Å². The van der Waals surface area contributed by atoms with Crippen molar-refractivity contribution in [1.82, 2.24) is 4.90 Å². The molecule has 1 amide bonds. The highest BCUT2D eigenvalue weighted by Crippen LogP contribution is 2.40. The first-order valence-electron chi connectivity index (χ1n) is 11.8. The van der Waals surface area contributed by atoms with Gasteiger partial charge in [-0.1, -0.05) is 66.7 Å². The molecule has 200 valence electrons. The lowest BCUT2D eigenvalue weighted by Crippen LogP contribution is -2.50. The molecule has 1 aliphatic heterocycles. The fourth-order valence-electron chi connectivity index (χ4n) is 4.38. The summed E-state index contributed by atoms with van der Waals surface area (Å²) in [5, 5.41) is 10.0. The second kappa shape index (κ2) is 11.6. The molecule has 3 aromatic carbocycles. The van der Waals surface area contributed by atoms with Crippen LogP contribution >= 0.6 is 0 Å². The SMILES string of the molecule is COc1ccc2c(c1OCc1ccccc1)C[C@H](C(=O)O)N(C(=O)C(OCC(F)(F)F)c1ccccc1)C2. The average Bonchev–Trinajstić information content (AvgIpc) is 2.91. The summed E-state index contributed by atoms with van der Waals surface area (Å²) in [4.78, 5) is 26.9. The Hall–Kier alpha value is -4.05. The Morgan fingerprint density at radius 2 is 1.68 bits per heavy atom. The lowest BCUT2D eigenvalue weighted by molar-refractivity contribution is -0.193. The Balaban J connectivity index is 1.67. The van der Waals surface area contributed by atoms with Gasteiger partial charge in [0.15, 0.2) is 17.6 Å². The fourth-order valence-corrected chi connectivity index (χ4v) is 4.38. The van der Waals surface area contributed by atoms with Crippen LogP contribution in [0.2, 0.25) is 0 Å². The van der Waals surface area contributed by atoms with Crippen molar-refractivity contribution in [1.29, 1.82) is 0 Å². The number of amides is 1. The van der Waals surface area contributed by atoms with Crippen molar-refractivity contribution in [3.8, 4) is 11.5 Å². The molecule has 0 saturated carbocycles. The minimum Gasteiger partial charge on any atom is -0.493 e. The van der Waals surface area contributed by atoms with E-state index in [0.29, 0.717) is 22.6 Å². The van der Waals surface area contributed by atoms with E-state index in [-0.39, 0.29) is 25.1 Å². The zero-order valence-corrected chi connectivity index (χ0v) is 20.5. The van der Waals surface area contributed by atoms with Crippen LogP contribution in [-0.4, -0.2) is 47.8 Å². The van der Waals surface area contributed by atoms with Crippen molar-refractivity contribution in [2.75, 3.05) is 13.7 Å². The maximum absolute atomic E-state index is 13.6. The van der Waals surface area contributed by atoms with Gasteiger partial charge in [0.1, 0.15) is 19.3 Å². The Labute approximate surface area is 217 Å². The maximum Gasteiger partial charge on any atom is 0.411 e. The van der Waals surface area contributed by atoms with E-state index in [9.17, 15) is 27.9 Å². The molecule has 1 aliphatic rings. The number of ether oxygens (including phenoxy) is 3. The predicted octanol–water partition coefficient (Wildman–Crippen LogP) is 4.93. The number of fused-ring (bicyclic) bond motifs is 1. The van der Waals surface area contributed by atoms with Crippen LogP contribution in [0.4, 0.5) is 13.2 Å². The van der Waals surface area contributed by atoms with Gasteiger partial charge in [-0.25, -0.2) is 4.79 Å². The van der Waals surface area contributed by atoms with Crippen molar-refractivity contribution in [2.45, 2.75) is 37.9 Å². The van der Waals surface area contributed by atoms with Crippen molar-refractivity contribution < 1.29 is 42.1 Å². The van der Waals surface area contributed by atoms with Gasteiger partial charge in [0.05, 0.1) is 7.11 Å². The molecule has 0 spiro atoms. The van der Waals surface area contributed by atoms with Gasteiger partial charge in [-0.2, -0.15) is 13.2 Å². The van der Waals surface area contributed by atoms with Crippen LogP contribution in [0.15, 0.2) is 72.8 Å². The topological polar surface area (TPSA) is 85.3 Å². The molecule has 0 aromatic heterocycles. The van der Waals surface area contributed by atoms with Crippen LogP contribution in [0.5, 0.6) is 11.5 Å². The van der Waals surface area contributed by atoms with E-state index >= 15 is 0 Å². The number of carboxylic acids is 1. The molecule has 10 heteroatoms. The standard InChI is InChI=1S/C28H26F3NO6/c1-36-23-13-12-20-15-32(26(33)24(38-17-28(29,30)31)19-10-6-3-7-11-19)22(27(34)35)14-21(20)25(23)37-16-18-8-4-2-5-9-18/h2-13,22,24H,14-17H2,1H3,(H,34,35)/t22-,24?/m1/s1. The van der Waals surface area contributed by atoms with Crippen LogP contribution in [0.1, 0.15) is 28.4 Å². The van der Waals surface area contributed by atoms with E-state index in [0.717, 1.165) is 10.5 Å². The van der Waals surface area contributed by atoms with Crippen LogP contribution in [0, 0.1) is 0 Å². The van der Waals surface area contributed by atoms with Gasteiger partial charge in [-0.15, -0.1) is 0 Å². The lowest BCUT2D eigenvalue weighted by atomic mass is 9.91. The number of aliphatic carboxylic acids is 1. The number of methoxy groups -OCH3 is 1. The van der Waals surface area contributed by atoms with Gasteiger partial charge in [-0.05, 0) is 22.8 Å². The maximum atomic E-state index is 13.6. The third kappa shape index (κ3) is 6.25. The number of nitrogens with zero attached hydrogens (tertiary/aromatic N) is 1. The Bertz CT molecular complexity index is 1270. The second-order valence-corrected chi connectivity index (χ2v) is 8.75. The molecule has 3 aromatic rings. The highest BCUT2D eigenvalue weighted by molar-refractivity contribution is 5.88. The van der Waals surface area contributed by atoms with Gasteiger partial charge >= 0.3 is 12.1 Å². The minimum atomic E-state index is -4.67. The minimum absolute atomic E-state index is 0.126. The van der Waals surface area contributed by atoms with Gasteiger partial charge < -0.3 is 24.2 Å². The first-order chi connectivity index (χ1) is 18.2. The summed E-state index contributed by atoms with van der Waals surface area (Å²) >= 11 is 0. The molecule has 7 nitrogen and oxygen atoms in total. The van der Waals surface area contributed by atoms with Crippen LogP contribution in [-0.2, 0) is 33.9 Å². The summed E-state index contributed by atoms with van der Waals surface area (Å²) in [6, 6.07) is 19.1. The number of rotatable bonds is 9. The first-order valence-corrected chi connectivity index (χ1v) is 11.8. The number of carbonyl (C=O) groups excluding carboxylic acids is 1. The first kappa shape index (κ1) is 27.0. The number of benzene rings is 3. The summed E-state index contributed by atoms with van der Waals surface area (Å²) in [6.07, 6.45) is -6.43. The van der Waals surface area contributed by atoms with Crippen molar-refractivity contribution in [2.24, 2.45) is 0 Å². The van der Waals surface area contributed by atoms with Gasteiger partial charge in [0, 0.05) is 18.5 Å². The summed E-state index contributed by atoms with van der Waals surface area (Å²) in [5.41, 5.74) is 2.24. The number of alkyl halides is 3. The number of carbonyl (C=O) groups is 2. The predicted molar refractivity (Wildman–Crippen MR) is 131 cm³/mol. The summed E-state index contributed by atoms with van der Waals surface area (Å²) < 4.78 is 55.5. The van der Waals surface area contributed by atoms with Crippen molar-refractivity contribution in [3.05, 3.63) is 95.1 Å². The molecule has 4 rings (SSSR count). The van der Waals surface area contributed by atoms with E-state index in [2.05, 4.69) is 0 Å². The van der Waals surface area contributed by atoms with Crippen LogP contribution in [0.3, 0.4) is 0 Å². The largest absolute Gasteiger partial charge is 0.493 e. The molecule has 0 bridgehead atoms. The number of hydrogen-bond acceptors (Lipinski definition) is 5. The molecular formula is C28H26F3NO6. The van der Waals surface area contributed by atoms with E-state index in [1.165, 1.54) is 19.2 Å². The average molecular weight is 530 g/mol. The monoisotopic (exact) mass is 529 g/mol. The molecule has 0 aliphatic carbocycles. The lowest BCUT2D eigenvalue weighted by Gasteiger charge is -2.37. The highest BCUT2D eigenvalue weighted by Gasteiger charge is 2.41. The molecule has 0 radical (unpaired) electrons. The Morgan fingerprint density at radius 1 is 1.03 bits per heavy atom.